The number of anilines is 1. The van der Waals surface area contributed by atoms with Gasteiger partial charge in [0.25, 0.3) is 11.8 Å². The third-order valence-corrected chi connectivity index (χ3v) is 7.46. The summed E-state index contributed by atoms with van der Waals surface area (Å²) in [4.78, 5) is 47.8. The first-order valence-corrected chi connectivity index (χ1v) is 13.4. The van der Waals surface area contributed by atoms with E-state index >= 15 is 0 Å². The first-order chi connectivity index (χ1) is 18.8. The second kappa shape index (κ2) is 11.7. The van der Waals surface area contributed by atoms with Gasteiger partial charge in [-0.15, -0.1) is 0 Å². The summed E-state index contributed by atoms with van der Waals surface area (Å²) in [6, 6.07) is 11.0. The number of halogens is 2. The highest BCUT2D eigenvalue weighted by molar-refractivity contribution is 6.42. The van der Waals surface area contributed by atoms with Crippen molar-refractivity contribution in [1.29, 1.82) is 0 Å². The van der Waals surface area contributed by atoms with Crippen LogP contribution in [0.3, 0.4) is 0 Å². The summed E-state index contributed by atoms with van der Waals surface area (Å²) in [6.45, 7) is 6.35. The molecular weight excluding hydrogens is 555 g/mol. The van der Waals surface area contributed by atoms with Gasteiger partial charge in [-0.1, -0.05) is 62.2 Å². The molecule has 0 aliphatic carbocycles. The molecule has 210 valence electrons. The third kappa shape index (κ3) is 6.46. The number of nitrogens with one attached hydrogen (secondary N) is 2. The van der Waals surface area contributed by atoms with E-state index in [1.54, 1.807) is 42.5 Å². The molecule has 1 saturated heterocycles. The van der Waals surface area contributed by atoms with Crippen molar-refractivity contribution in [3.63, 3.8) is 0 Å². The molecule has 4 rings (SSSR count). The molecule has 0 spiro atoms. The zero-order valence-corrected chi connectivity index (χ0v) is 23.8. The minimum atomic E-state index is -1.03. The number of carbonyl (C=O) groups excluding carboxylic acids is 2. The van der Waals surface area contributed by atoms with Crippen molar-refractivity contribution in [2.45, 2.75) is 45.8 Å². The summed E-state index contributed by atoms with van der Waals surface area (Å²) in [5.41, 5.74) is 7.62. The zero-order chi connectivity index (χ0) is 29.2. The molecule has 1 unspecified atom stereocenters. The summed E-state index contributed by atoms with van der Waals surface area (Å²) in [7, 11) is 0. The van der Waals surface area contributed by atoms with Crippen molar-refractivity contribution < 1.29 is 19.5 Å². The minimum Gasteiger partial charge on any atom is -0.465 e. The smallest absolute Gasteiger partial charge is 0.407 e. The van der Waals surface area contributed by atoms with Gasteiger partial charge in [0.05, 0.1) is 34.0 Å². The molecule has 1 aromatic heterocycles. The quantitative estimate of drug-likeness (QED) is 0.323. The van der Waals surface area contributed by atoms with E-state index in [0.29, 0.717) is 39.8 Å². The molecule has 3 aromatic rings. The van der Waals surface area contributed by atoms with Crippen molar-refractivity contribution in [2.24, 2.45) is 5.41 Å². The SMILES string of the molecule is CC(C)(C)C1[C@@H](NC(=O)c2nc(-c3cccc(C(=O)NCc4ccc(Cl)c(Cl)c4)c3)cnc2N)CCN1C(=O)O. The Kier molecular flexibility index (Phi) is 8.51. The third-order valence-electron chi connectivity index (χ3n) is 6.72. The van der Waals surface area contributed by atoms with E-state index in [1.807, 2.05) is 20.8 Å². The molecule has 1 fully saturated rings. The molecular formula is C28H30Cl2N6O4. The van der Waals surface area contributed by atoms with Crippen LogP contribution in [0.1, 0.15) is 53.6 Å². The summed E-state index contributed by atoms with van der Waals surface area (Å²) >= 11 is 12.0. The Bertz CT molecular complexity index is 1460. The molecule has 0 bridgehead atoms. The highest BCUT2D eigenvalue weighted by atomic mass is 35.5. The van der Waals surface area contributed by atoms with E-state index in [1.165, 1.54) is 11.1 Å². The second-order valence-corrected chi connectivity index (χ2v) is 11.5. The molecule has 2 atom stereocenters. The van der Waals surface area contributed by atoms with Crippen LogP contribution < -0.4 is 16.4 Å². The number of carboxylic acid groups (broad SMARTS) is 1. The number of benzene rings is 2. The lowest BCUT2D eigenvalue weighted by molar-refractivity contribution is 0.0823. The van der Waals surface area contributed by atoms with Gasteiger partial charge >= 0.3 is 6.09 Å². The molecule has 10 nitrogen and oxygen atoms in total. The maximum atomic E-state index is 13.3. The predicted molar refractivity (Wildman–Crippen MR) is 153 cm³/mol. The van der Waals surface area contributed by atoms with Gasteiger partial charge in [0.2, 0.25) is 0 Å². The zero-order valence-electron chi connectivity index (χ0n) is 22.2. The lowest BCUT2D eigenvalue weighted by Crippen LogP contribution is -2.53. The van der Waals surface area contributed by atoms with Crippen molar-refractivity contribution >= 4 is 46.9 Å². The van der Waals surface area contributed by atoms with Gasteiger partial charge in [-0.2, -0.15) is 0 Å². The molecule has 2 aromatic carbocycles. The van der Waals surface area contributed by atoms with Crippen molar-refractivity contribution in [3.05, 3.63) is 75.5 Å². The molecule has 2 heterocycles. The van der Waals surface area contributed by atoms with Gasteiger partial charge in [-0.05, 0) is 41.7 Å². The lowest BCUT2D eigenvalue weighted by atomic mass is 9.82. The van der Waals surface area contributed by atoms with Crippen molar-refractivity contribution in [3.8, 4) is 11.3 Å². The van der Waals surface area contributed by atoms with E-state index in [0.717, 1.165) is 5.56 Å². The van der Waals surface area contributed by atoms with Crippen LogP contribution >= 0.6 is 23.2 Å². The van der Waals surface area contributed by atoms with Crippen molar-refractivity contribution in [2.75, 3.05) is 12.3 Å². The number of hydrogen-bond acceptors (Lipinski definition) is 6. The number of nitrogens with zero attached hydrogens (tertiary/aromatic N) is 3. The summed E-state index contributed by atoms with van der Waals surface area (Å²) in [5, 5.41) is 16.2. The first kappa shape index (κ1) is 29.1. The fraction of sp³-hybridized carbons (Fsp3) is 0.321. The Morgan fingerprint density at radius 1 is 1.10 bits per heavy atom. The number of hydrogen-bond donors (Lipinski definition) is 4. The molecule has 3 amide bonds. The molecule has 5 N–H and O–H groups in total. The van der Waals surface area contributed by atoms with Crippen LogP contribution in [-0.2, 0) is 6.54 Å². The molecule has 40 heavy (non-hydrogen) atoms. The van der Waals surface area contributed by atoms with Crippen LogP contribution in [0.25, 0.3) is 11.3 Å². The van der Waals surface area contributed by atoms with Gasteiger partial charge in [0, 0.05) is 24.2 Å². The van der Waals surface area contributed by atoms with E-state index < -0.39 is 29.5 Å². The Balaban J connectivity index is 1.51. The number of amides is 3. The Hall–Kier alpha value is -3.89. The number of likely N-dealkylation sites (tertiary alicyclic amines) is 1. The fourth-order valence-corrected chi connectivity index (χ4v) is 5.24. The number of nitrogens with two attached hydrogens (primary N) is 1. The van der Waals surface area contributed by atoms with Crippen LogP contribution in [0, 0.1) is 5.41 Å². The molecule has 1 aliphatic rings. The normalized spacial score (nSPS) is 17.0. The van der Waals surface area contributed by atoms with Crippen LogP contribution in [-0.4, -0.2) is 56.5 Å². The van der Waals surface area contributed by atoms with Crippen LogP contribution in [0.4, 0.5) is 10.6 Å². The number of rotatable bonds is 6. The number of nitrogen functional groups attached to an aromatic ring is 1. The number of aromatic nitrogens is 2. The monoisotopic (exact) mass is 584 g/mol. The van der Waals surface area contributed by atoms with E-state index in [9.17, 15) is 19.5 Å². The molecule has 12 heteroatoms. The van der Waals surface area contributed by atoms with Crippen LogP contribution in [0.5, 0.6) is 0 Å². The van der Waals surface area contributed by atoms with Gasteiger partial charge in [-0.25, -0.2) is 14.8 Å². The second-order valence-electron chi connectivity index (χ2n) is 10.7. The average molecular weight is 585 g/mol. The predicted octanol–water partition coefficient (Wildman–Crippen LogP) is 4.86. The highest BCUT2D eigenvalue weighted by Crippen LogP contribution is 2.33. The lowest BCUT2D eigenvalue weighted by Gasteiger charge is -2.37. The maximum absolute atomic E-state index is 13.3. The average Bonchev–Trinajstić information content (AvgIpc) is 3.34. The largest absolute Gasteiger partial charge is 0.465 e. The van der Waals surface area contributed by atoms with E-state index in [-0.39, 0.29) is 24.0 Å². The maximum Gasteiger partial charge on any atom is 0.407 e. The minimum absolute atomic E-state index is 0.0582. The van der Waals surface area contributed by atoms with Crippen molar-refractivity contribution in [1.82, 2.24) is 25.5 Å². The van der Waals surface area contributed by atoms with E-state index in [2.05, 4.69) is 20.6 Å². The Morgan fingerprint density at radius 2 is 1.85 bits per heavy atom. The Labute approximate surface area is 241 Å². The Morgan fingerprint density at radius 3 is 2.52 bits per heavy atom. The summed E-state index contributed by atoms with van der Waals surface area (Å²) in [5.74, 6) is -0.919. The topological polar surface area (TPSA) is 151 Å². The molecule has 0 radical (unpaired) electrons. The highest BCUT2D eigenvalue weighted by Gasteiger charge is 2.44. The number of carbonyl (C=O) groups is 3. The fourth-order valence-electron chi connectivity index (χ4n) is 4.92. The van der Waals surface area contributed by atoms with Gasteiger partial charge in [0.1, 0.15) is 0 Å². The van der Waals surface area contributed by atoms with Gasteiger partial charge in [0.15, 0.2) is 11.5 Å². The standard InChI is InChI=1S/C28H30Cl2N6O4/c1-28(2,3)23-20(9-10-36(23)27(39)40)35-26(38)22-24(31)32-14-21(34-22)16-5-4-6-17(12-16)25(37)33-13-15-7-8-18(29)19(30)11-15/h4-8,11-12,14,20,23H,9-10,13H2,1-3H3,(H2,31,32)(H,33,37)(H,35,38)(H,39,40)/t20-,23?/m0/s1. The summed E-state index contributed by atoms with van der Waals surface area (Å²) < 4.78 is 0. The van der Waals surface area contributed by atoms with Gasteiger partial charge in [-0.3, -0.25) is 9.59 Å². The van der Waals surface area contributed by atoms with Gasteiger partial charge < -0.3 is 26.4 Å². The summed E-state index contributed by atoms with van der Waals surface area (Å²) in [6.07, 6.45) is 0.865. The molecule has 0 saturated carbocycles. The van der Waals surface area contributed by atoms with E-state index in [4.69, 9.17) is 28.9 Å². The van der Waals surface area contributed by atoms with Crippen LogP contribution in [0.15, 0.2) is 48.7 Å². The van der Waals surface area contributed by atoms with Crippen LogP contribution in [0.2, 0.25) is 10.0 Å². The first-order valence-electron chi connectivity index (χ1n) is 12.6. The molecule has 1 aliphatic heterocycles.